The van der Waals surface area contributed by atoms with Gasteiger partial charge in [-0.2, -0.15) is 0 Å². The summed E-state index contributed by atoms with van der Waals surface area (Å²) >= 11 is 0. The number of aliphatic hydroxyl groups excluding tert-OH is 1. The molecule has 3 nitrogen and oxygen atoms in total. The lowest BCUT2D eigenvalue weighted by molar-refractivity contribution is 0.0956. The first-order valence-corrected chi connectivity index (χ1v) is 5.12. The number of nitrogens with one attached hydrogen (secondary N) is 1. The van der Waals surface area contributed by atoms with Crippen LogP contribution in [0, 0.1) is 0 Å². The van der Waals surface area contributed by atoms with Crippen molar-refractivity contribution in [3.05, 3.63) is 35.9 Å². The third-order valence-electron chi connectivity index (χ3n) is 1.37. The van der Waals surface area contributed by atoms with Gasteiger partial charge >= 0.3 is 0 Å². The minimum atomic E-state index is -0.00639. The Labute approximate surface area is 92.1 Å². The largest absolute Gasteiger partial charge is 0.400 e. The molecule has 0 atom stereocenters. The summed E-state index contributed by atoms with van der Waals surface area (Å²) in [5.41, 5.74) is 0.717. The molecule has 0 radical (unpaired) electrons. The zero-order chi connectivity index (χ0) is 12.1. The molecule has 1 aromatic carbocycles. The zero-order valence-electron chi connectivity index (χ0n) is 9.95. The van der Waals surface area contributed by atoms with E-state index in [1.165, 1.54) is 0 Å². The summed E-state index contributed by atoms with van der Waals surface area (Å²) in [6, 6.07) is 9.19. The summed E-state index contributed by atoms with van der Waals surface area (Å²) in [4.78, 5) is 11.1. The summed E-state index contributed by atoms with van der Waals surface area (Å²) < 4.78 is 0. The molecule has 0 heterocycles. The van der Waals surface area contributed by atoms with E-state index in [2.05, 4.69) is 5.32 Å². The Kier molecular flexibility index (Phi) is 13.6. The minimum absolute atomic E-state index is 0.00639. The third-order valence-corrected chi connectivity index (χ3v) is 1.37. The van der Waals surface area contributed by atoms with Crippen molar-refractivity contribution >= 4 is 5.91 Å². The lowest BCUT2D eigenvalue weighted by atomic mass is 10.2. The van der Waals surface area contributed by atoms with Gasteiger partial charge in [0.1, 0.15) is 0 Å². The number of aliphatic hydroxyl groups is 1. The van der Waals surface area contributed by atoms with E-state index in [0.717, 1.165) is 7.11 Å². The summed E-state index contributed by atoms with van der Waals surface area (Å²) in [5, 5.41) is 9.72. The Morgan fingerprint density at radius 3 is 2.07 bits per heavy atom. The van der Waals surface area contributed by atoms with E-state index in [0.29, 0.717) is 12.1 Å². The van der Waals surface area contributed by atoms with Crippen molar-refractivity contribution in [2.75, 3.05) is 13.7 Å². The number of hydrogen-bond acceptors (Lipinski definition) is 2. The molecule has 0 saturated carbocycles. The SMILES string of the molecule is CC.CCNC(=O)c1ccccc1.CO. The van der Waals surface area contributed by atoms with E-state index < -0.39 is 0 Å². The monoisotopic (exact) mass is 211 g/mol. The molecule has 3 heteroatoms. The van der Waals surface area contributed by atoms with Gasteiger partial charge in [-0.25, -0.2) is 0 Å². The van der Waals surface area contributed by atoms with E-state index in [9.17, 15) is 4.79 Å². The Morgan fingerprint density at radius 1 is 1.20 bits per heavy atom. The molecule has 2 N–H and O–H groups in total. The maximum absolute atomic E-state index is 11.1. The second kappa shape index (κ2) is 12.7. The first-order valence-electron chi connectivity index (χ1n) is 5.12. The van der Waals surface area contributed by atoms with Crippen LogP contribution in [0.1, 0.15) is 31.1 Å². The zero-order valence-corrected chi connectivity index (χ0v) is 9.95. The van der Waals surface area contributed by atoms with Gasteiger partial charge in [0.25, 0.3) is 5.91 Å². The molecular weight excluding hydrogens is 190 g/mol. The van der Waals surface area contributed by atoms with Crippen LogP contribution in [-0.2, 0) is 0 Å². The van der Waals surface area contributed by atoms with Crippen molar-refractivity contribution in [2.24, 2.45) is 0 Å². The van der Waals surface area contributed by atoms with Crippen molar-refractivity contribution in [1.82, 2.24) is 5.32 Å². The van der Waals surface area contributed by atoms with Crippen LogP contribution in [0.25, 0.3) is 0 Å². The molecule has 0 aliphatic rings. The molecule has 1 amide bonds. The van der Waals surface area contributed by atoms with Crippen LogP contribution in [0.15, 0.2) is 30.3 Å². The van der Waals surface area contributed by atoms with Crippen LogP contribution in [0.3, 0.4) is 0 Å². The first kappa shape index (κ1) is 16.1. The molecule has 15 heavy (non-hydrogen) atoms. The maximum Gasteiger partial charge on any atom is 0.251 e. The number of rotatable bonds is 2. The topological polar surface area (TPSA) is 49.3 Å². The first-order chi connectivity index (χ1) is 7.34. The number of carbonyl (C=O) groups is 1. The molecule has 1 aromatic rings. The molecular formula is C12H21NO2. The standard InChI is InChI=1S/C9H11NO.C2H6.CH4O/c1-2-10-9(11)8-6-4-3-5-7-8;2*1-2/h3-7H,2H2,1H3,(H,10,11);1-2H3;2H,1H3. The van der Waals surface area contributed by atoms with Gasteiger partial charge in [-0.05, 0) is 19.1 Å². The van der Waals surface area contributed by atoms with Crippen molar-refractivity contribution in [2.45, 2.75) is 20.8 Å². The van der Waals surface area contributed by atoms with E-state index >= 15 is 0 Å². The average Bonchev–Trinajstić information content (AvgIpc) is 2.36. The van der Waals surface area contributed by atoms with Gasteiger partial charge in [0, 0.05) is 19.2 Å². The minimum Gasteiger partial charge on any atom is -0.400 e. The van der Waals surface area contributed by atoms with E-state index in [-0.39, 0.29) is 5.91 Å². The van der Waals surface area contributed by atoms with Crippen LogP contribution in [0.5, 0.6) is 0 Å². The molecule has 0 spiro atoms. The Bertz CT molecular complexity index is 235. The summed E-state index contributed by atoms with van der Waals surface area (Å²) in [6.45, 7) is 6.58. The highest BCUT2D eigenvalue weighted by molar-refractivity contribution is 5.93. The number of benzene rings is 1. The summed E-state index contributed by atoms with van der Waals surface area (Å²) in [6.07, 6.45) is 0. The van der Waals surface area contributed by atoms with Crippen LogP contribution in [0.2, 0.25) is 0 Å². The second-order valence-electron chi connectivity index (χ2n) is 2.23. The van der Waals surface area contributed by atoms with Crippen LogP contribution < -0.4 is 5.32 Å². The van der Waals surface area contributed by atoms with Crippen LogP contribution >= 0.6 is 0 Å². The molecule has 0 bridgehead atoms. The number of amides is 1. The van der Waals surface area contributed by atoms with Crippen molar-refractivity contribution < 1.29 is 9.90 Å². The quantitative estimate of drug-likeness (QED) is 0.786. The highest BCUT2D eigenvalue weighted by Crippen LogP contribution is 1.96. The fourth-order valence-electron chi connectivity index (χ4n) is 0.852. The highest BCUT2D eigenvalue weighted by atomic mass is 16.2. The van der Waals surface area contributed by atoms with Gasteiger partial charge in [0.05, 0.1) is 0 Å². The normalized spacial score (nSPS) is 7.53. The fourth-order valence-corrected chi connectivity index (χ4v) is 0.852. The highest BCUT2D eigenvalue weighted by Gasteiger charge is 1.99. The fraction of sp³-hybridized carbons (Fsp3) is 0.417. The lowest BCUT2D eigenvalue weighted by Crippen LogP contribution is -2.22. The average molecular weight is 211 g/mol. The second-order valence-corrected chi connectivity index (χ2v) is 2.23. The summed E-state index contributed by atoms with van der Waals surface area (Å²) in [5.74, 6) is -0.00639. The van der Waals surface area contributed by atoms with Crippen molar-refractivity contribution in [1.29, 1.82) is 0 Å². The van der Waals surface area contributed by atoms with Gasteiger partial charge < -0.3 is 10.4 Å². The molecule has 0 aromatic heterocycles. The molecule has 0 aliphatic carbocycles. The van der Waals surface area contributed by atoms with Gasteiger partial charge in [0.2, 0.25) is 0 Å². The molecule has 0 unspecified atom stereocenters. The van der Waals surface area contributed by atoms with Gasteiger partial charge in [-0.15, -0.1) is 0 Å². The van der Waals surface area contributed by atoms with Crippen LogP contribution in [-0.4, -0.2) is 24.7 Å². The van der Waals surface area contributed by atoms with E-state index in [1.807, 2.05) is 39.0 Å². The van der Waals surface area contributed by atoms with Gasteiger partial charge in [-0.1, -0.05) is 32.0 Å². The Balaban J connectivity index is 0. The number of carbonyl (C=O) groups excluding carboxylic acids is 1. The molecule has 0 aliphatic heterocycles. The molecule has 0 fully saturated rings. The third kappa shape index (κ3) is 7.70. The van der Waals surface area contributed by atoms with Crippen LogP contribution in [0.4, 0.5) is 0 Å². The Morgan fingerprint density at radius 2 is 1.67 bits per heavy atom. The smallest absolute Gasteiger partial charge is 0.251 e. The maximum atomic E-state index is 11.1. The van der Waals surface area contributed by atoms with E-state index in [4.69, 9.17) is 5.11 Å². The molecule has 0 saturated heterocycles. The molecule has 1 rings (SSSR count). The van der Waals surface area contributed by atoms with Crippen molar-refractivity contribution in [3.8, 4) is 0 Å². The van der Waals surface area contributed by atoms with Gasteiger partial charge in [-0.3, -0.25) is 4.79 Å². The summed E-state index contributed by atoms with van der Waals surface area (Å²) in [7, 11) is 1.00. The predicted molar refractivity (Wildman–Crippen MR) is 63.9 cm³/mol. The lowest BCUT2D eigenvalue weighted by Gasteiger charge is -1.99. The van der Waals surface area contributed by atoms with Crippen molar-refractivity contribution in [3.63, 3.8) is 0 Å². The van der Waals surface area contributed by atoms with Gasteiger partial charge in [0.15, 0.2) is 0 Å². The molecule has 86 valence electrons. The Hall–Kier alpha value is -1.35. The van der Waals surface area contributed by atoms with E-state index in [1.54, 1.807) is 12.1 Å². The number of hydrogen-bond donors (Lipinski definition) is 2. The predicted octanol–water partition coefficient (Wildman–Crippen LogP) is 2.07.